The minimum atomic E-state index is -0.214. The molecule has 33 heavy (non-hydrogen) atoms. The number of hydrogen-bond donors (Lipinski definition) is 2. The first kappa shape index (κ1) is 21.7. The van der Waals surface area contributed by atoms with E-state index in [-0.39, 0.29) is 11.9 Å². The molecule has 0 saturated carbocycles. The minimum absolute atomic E-state index is 0.0162. The number of fused-ring (bicyclic) bond motifs is 1. The normalized spacial score (nSPS) is 18.8. The van der Waals surface area contributed by atoms with Crippen molar-refractivity contribution in [2.45, 2.75) is 19.4 Å². The number of anilines is 2. The Morgan fingerprint density at radius 1 is 1.21 bits per heavy atom. The van der Waals surface area contributed by atoms with E-state index in [0.29, 0.717) is 56.1 Å². The quantitative estimate of drug-likeness (QED) is 0.419. The maximum atomic E-state index is 12.8. The van der Waals surface area contributed by atoms with Crippen LogP contribution < -0.4 is 15.6 Å². The molecule has 0 bridgehead atoms. The molecular weight excluding hydrogens is 442 g/mol. The van der Waals surface area contributed by atoms with Crippen molar-refractivity contribution < 1.29 is 14.3 Å². The fraction of sp³-hybridized carbons (Fsp3) is 0.409. The fourth-order valence-electron chi connectivity index (χ4n) is 3.76. The first-order chi connectivity index (χ1) is 16.2. The lowest BCUT2D eigenvalue weighted by molar-refractivity contribution is 0.0929. The number of morpholine rings is 1. The van der Waals surface area contributed by atoms with E-state index in [4.69, 9.17) is 14.5 Å². The molecule has 10 nitrogen and oxygen atoms in total. The molecule has 1 unspecified atom stereocenters. The zero-order valence-corrected chi connectivity index (χ0v) is 19.1. The molecule has 2 aliphatic heterocycles. The van der Waals surface area contributed by atoms with E-state index in [1.165, 1.54) is 11.3 Å². The third-order valence-corrected chi connectivity index (χ3v) is 6.47. The third-order valence-electron chi connectivity index (χ3n) is 5.43. The fourth-order valence-corrected chi connectivity index (χ4v) is 4.68. The van der Waals surface area contributed by atoms with Crippen molar-refractivity contribution in [3.05, 3.63) is 40.4 Å². The predicted molar refractivity (Wildman–Crippen MR) is 127 cm³/mol. The number of amides is 1. The van der Waals surface area contributed by atoms with Crippen molar-refractivity contribution in [1.82, 2.24) is 20.3 Å². The first-order valence-corrected chi connectivity index (χ1v) is 11.7. The smallest absolute Gasteiger partial charge is 0.280 e. The van der Waals surface area contributed by atoms with E-state index >= 15 is 0 Å². The lowest BCUT2D eigenvalue weighted by atomic mass is 10.2. The molecule has 11 heteroatoms. The summed E-state index contributed by atoms with van der Waals surface area (Å²) in [4.78, 5) is 28.6. The van der Waals surface area contributed by atoms with E-state index in [2.05, 4.69) is 30.7 Å². The highest BCUT2D eigenvalue weighted by Gasteiger charge is 2.24. The highest BCUT2D eigenvalue weighted by atomic mass is 32.1. The van der Waals surface area contributed by atoms with Crippen LogP contribution in [0.25, 0.3) is 10.3 Å². The molecule has 1 aromatic carbocycles. The van der Waals surface area contributed by atoms with Gasteiger partial charge in [-0.25, -0.2) is 10.4 Å². The molecule has 0 spiro atoms. The Labute approximate surface area is 195 Å². The molecule has 2 saturated heterocycles. The van der Waals surface area contributed by atoms with Crippen LogP contribution in [-0.4, -0.2) is 72.6 Å². The van der Waals surface area contributed by atoms with Crippen molar-refractivity contribution in [2.24, 2.45) is 5.10 Å². The number of aryl methyl sites for hydroxylation is 1. The SMILES string of the molecule is Cc1cccc(/C=N/Nc2nc(N3CCOCC3)c3sc(C(=O)NC4CCOC4)nc3n2)c1. The van der Waals surface area contributed by atoms with E-state index in [9.17, 15) is 4.79 Å². The number of benzene rings is 1. The van der Waals surface area contributed by atoms with Crippen LogP contribution in [-0.2, 0) is 9.47 Å². The summed E-state index contributed by atoms with van der Waals surface area (Å²) in [7, 11) is 0. The van der Waals surface area contributed by atoms with Gasteiger partial charge in [0.2, 0.25) is 5.95 Å². The average Bonchev–Trinajstić information content (AvgIpc) is 3.49. The van der Waals surface area contributed by atoms with Gasteiger partial charge in [-0.1, -0.05) is 29.8 Å². The van der Waals surface area contributed by atoms with Gasteiger partial charge >= 0.3 is 0 Å². The Balaban J connectivity index is 1.43. The van der Waals surface area contributed by atoms with Crippen LogP contribution in [0.1, 0.15) is 27.3 Å². The number of ether oxygens (including phenoxy) is 2. The number of thiazole rings is 1. The molecule has 2 aromatic heterocycles. The molecule has 2 N–H and O–H groups in total. The third kappa shape index (κ3) is 5.10. The summed E-state index contributed by atoms with van der Waals surface area (Å²) in [5.74, 6) is 0.847. The van der Waals surface area contributed by atoms with Gasteiger partial charge in [0.1, 0.15) is 4.70 Å². The van der Waals surface area contributed by atoms with Crippen LogP contribution >= 0.6 is 11.3 Å². The van der Waals surface area contributed by atoms with Crippen LogP contribution in [0.2, 0.25) is 0 Å². The monoisotopic (exact) mass is 467 g/mol. The summed E-state index contributed by atoms with van der Waals surface area (Å²) < 4.78 is 11.6. The lowest BCUT2D eigenvalue weighted by Gasteiger charge is -2.28. The van der Waals surface area contributed by atoms with Crippen molar-refractivity contribution in [2.75, 3.05) is 49.8 Å². The Morgan fingerprint density at radius 2 is 2.09 bits per heavy atom. The van der Waals surface area contributed by atoms with Gasteiger partial charge in [-0.05, 0) is 18.9 Å². The molecule has 0 aliphatic carbocycles. The molecule has 5 rings (SSSR count). The Hall–Kier alpha value is -3.15. The van der Waals surface area contributed by atoms with Crippen LogP contribution in [0.3, 0.4) is 0 Å². The molecule has 2 aliphatic rings. The number of aromatic nitrogens is 3. The topological polar surface area (TPSA) is 114 Å². The molecule has 1 atom stereocenters. The standard InChI is InChI=1S/C22H25N7O3S/c1-14-3-2-4-15(11-14)12-23-28-22-26-18-17(19(27-22)29-6-9-31-10-7-29)33-21(25-18)20(30)24-16-5-8-32-13-16/h2-4,11-12,16H,5-10,13H2,1H3,(H,24,30)(H,26,27,28)/b23-12+. The maximum absolute atomic E-state index is 12.8. The van der Waals surface area contributed by atoms with Crippen molar-refractivity contribution >= 4 is 45.6 Å². The van der Waals surface area contributed by atoms with Crippen LogP contribution in [0.5, 0.6) is 0 Å². The summed E-state index contributed by atoms with van der Waals surface area (Å²) in [5.41, 5.74) is 5.52. The van der Waals surface area contributed by atoms with E-state index in [1.54, 1.807) is 6.21 Å². The number of carbonyl (C=O) groups excluding carboxylic acids is 1. The van der Waals surface area contributed by atoms with Gasteiger partial charge in [0.25, 0.3) is 5.91 Å². The molecule has 4 heterocycles. The van der Waals surface area contributed by atoms with Crippen LogP contribution in [0, 0.1) is 6.92 Å². The second kappa shape index (κ2) is 9.77. The zero-order chi connectivity index (χ0) is 22.6. The molecule has 3 aromatic rings. The van der Waals surface area contributed by atoms with Gasteiger partial charge < -0.3 is 19.7 Å². The van der Waals surface area contributed by atoms with Crippen LogP contribution in [0.15, 0.2) is 29.4 Å². The van der Waals surface area contributed by atoms with Crippen molar-refractivity contribution in [1.29, 1.82) is 0 Å². The van der Waals surface area contributed by atoms with Gasteiger partial charge in [0.15, 0.2) is 16.5 Å². The first-order valence-electron chi connectivity index (χ1n) is 10.9. The highest BCUT2D eigenvalue weighted by Crippen LogP contribution is 2.31. The van der Waals surface area contributed by atoms with E-state index in [1.807, 2.05) is 31.2 Å². The van der Waals surface area contributed by atoms with E-state index < -0.39 is 0 Å². The largest absolute Gasteiger partial charge is 0.379 e. The average molecular weight is 468 g/mol. The summed E-state index contributed by atoms with van der Waals surface area (Å²) in [5, 5.41) is 7.65. The summed E-state index contributed by atoms with van der Waals surface area (Å²) in [6.45, 7) is 5.87. The van der Waals surface area contributed by atoms with Crippen molar-refractivity contribution in [3.8, 4) is 0 Å². The molecule has 1 amide bonds. The van der Waals surface area contributed by atoms with Crippen molar-refractivity contribution in [3.63, 3.8) is 0 Å². The number of rotatable bonds is 6. The summed E-state index contributed by atoms with van der Waals surface area (Å²) >= 11 is 1.30. The second-order valence-electron chi connectivity index (χ2n) is 7.96. The Kier molecular flexibility index (Phi) is 6.42. The number of nitrogens with zero attached hydrogens (tertiary/aromatic N) is 5. The summed E-state index contributed by atoms with van der Waals surface area (Å²) in [6.07, 6.45) is 2.53. The summed E-state index contributed by atoms with van der Waals surface area (Å²) in [6, 6.07) is 8.04. The highest BCUT2D eigenvalue weighted by molar-refractivity contribution is 7.20. The second-order valence-corrected chi connectivity index (χ2v) is 8.96. The lowest BCUT2D eigenvalue weighted by Crippen LogP contribution is -2.37. The zero-order valence-electron chi connectivity index (χ0n) is 18.3. The molecule has 172 valence electrons. The number of carbonyl (C=O) groups is 1. The molecular formula is C22H25N7O3S. The Morgan fingerprint density at radius 3 is 2.88 bits per heavy atom. The van der Waals surface area contributed by atoms with Gasteiger partial charge in [0, 0.05) is 19.7 Å². The number of hydrogen-bond acceptors (Lipinski definition) is 10. The molecule has 2 fully saturated rings. The molecule has 0 radical (unpaired) electrons. The van der Waals surface area contributed by atoms with E-state index in [0.717, 1.165) is 28.1 Å². The number of nitrogens with one attached hydrogen (secondary N) is 2. The van der Waals surface area contributed by atoms with Crippen LogP contribution in [0.4, 0.5) is 11.8 Å². The minimum Gasteiger partial charge on any atom is -0.379 e. The van der Waals surface area contributed by atoms with Gasteiger partial charge in [-0.15, -0.1) is 11.3 Å². The van der Waals surface area contributed by atoms with Gasteiger partial charge in [-0.3, -0.25) is 4.79 Å². The Bertz CT molecular complexity index is 1170. The predicted octanol–water partition coefficient (Wildman–Crippen LogP) is 2.20. The maximum Gasteiger partial charge on any atom is 0.280 e. The number of hydrazone groups is 1. The van der Waals surface area contributed by atoms with Gasteiger partial charge in [0.05, 0.1) is 32.1 Å². The van der Waals surface area contributed by atoms with Gasteiger partial charge in [-0.2, -0.15) is 15.1 Å².